The van der Waals surface area contributed by atoms with Gasteiger partial charge in [-0.3, -0.25) is 0 Å². The number of rotatable bonds is 2. The first kappa shape index (κ1) is 9.85. The van der Waals surface area contributed by atoms with Gasteiger partial charge in [-0.1, -0.05) is 17.7 Å². The molecule has 0 amide bonds. The van der Waals surface area contributed by atoms with Crippen molar-refractivity contribution in [3.8, 4) is 6.07 Å². The fourth-order valence-electron chi connectivity index (χ4n) is 1.03. The molecule has 3 nitrogen and oxygen atoms in total. The lowest BCUT2D eigenvalue weighted by Crippen LogP contribution is -1.99. The number of nitriles is 1. The SMILES string of the molecule is COCc1ccc(Cl)c(C#N)c1N. The van der Waals surface area contributed by atoms with Gasteiger partial charge in [-0.2, -0.15) is 5.26 Å². The standard InChI is InChI=1S/C9H9ClN2O/c1-13-5-6-2-3-8(10)7(4-11)9(6)12/h2-3H,5,12H2,1H3. The van der Waals surface area contributed by atoms with Crippen molar-refractivity contribution < 1.29 is 4.74 Å². The topological polar surface area (TPSA) is 59.0 Å². The third kappa shape index (κ3) is 1.92. The molecule has 4 heteroatoms. The Balaban J connectivity index is 3.21. The van der Waals surface area contributed by atoms with Gasteiger partial charge in [0.05, 0.1) is 22.9 Å². The fraction of sp³-hybridized carbons (Fsp3) is 0.222. The number of methoxy groups -OCH3 is 1. The molecule has 0 aliphatic heterocycles. The van der Waals surface area contributed by atoms with Crippen LogP contribution in [-0.4, -0.2) is 7.11 Å². The summed E-state index contributed by atoms with van der Waals surface area (Å²) in [5.41, 5.74) is 7.19. The summed E-state index contributed by atoms with van der Waals surface area (Å²) in [5.74, 6) is 0. The van der Waals surface area contributed by atoms with Gasteiger partial charge in [0.25, 0.3) is 0 Å². The summed E-state index contributed by atoms with van der Waals surface area (Å²) < 4.78 is 4.92. The molecule has 0 atom stereocenters. The Kier molecular flexibility index (Phi) is 3.13. The van der Waals surface area contributed by atoms with Crippen LogP contribution in [0, 0.1) is 11.3 Å². The highest BCUT2D eigenvalue weighted by Gasteiger charge is 2.08. The van der Waals surface area contributed by atoms with Crippen LogP contribution >= 0.6 is 11.6 Å². The molecule has 0 unspecified atom stereocenters. The first-order valence-corrected chi connectivity index (χ1v) is 4.04. The molecule has 0 spiro atoms. The third-order valence-corrected chi connectivity index (χ3v) is 2.01. The van der Waals surface area contributed by atoms with Gasteiger partial charge in [-0.25, -0.2) is 0 Å². The van der Waals surface area contributed by atoms with Crippen molar-refractivity contribution in [2.75, 3.05) is 12.8 Å². The van der Waals surface area contributed by atoms with Crippen LogP contribution in [0.1, 0.15) is 11.1 Å². The predicted molar refractivity (Wildman–Crippen MR) is 51.3 cm³/mol. The average molecular weight is 197 g/mol. The van der Waals surface area contributed by atoms with Gasteiger partial charge < -0.3 is 10.5 Å². The molecule has 1 aromatic rings. The number of halogens is 1. The summed E-state index contributed by atoms with van der Waals surface area (Å²) in [6.07, 6.45) is 0. The van der Waals surface area contributed by atoms with Crippen LogP contribution < -0.4 is 5.73 Å². The maximum absolute atomic E-state index is 8.74. The second-order valence-electron chi connectivity index (χ2n) is 2.54. The highest BCUT2D eigenvalue weighted by atomic mass is 35.5. The molecule has 0 saturated heterocycles. The third-order valence-electron chi connectivity index (χ3n) is 1.70. The Morgan fingerprint density at radius 3 is 2.85 bits per heavy atom. The Labute approximate surface area is 81.7 Å². The Morgan fingerprint density at radius 2 is 2.31 bits per heavy atom. The van der Waals surface area contributed by atoms with E-state index in [0.29, 0.717) is 22.9 Å². The molecule has 0 saturated carbocycles. The molecule has 68 valence electrons. The summed E-state index contributed by atoms with van der Waals surface area (Å²) in [6, 6.07) is 5.35. The molecule has 0 radical (unpaired) electrons. The van der Waals surface area contributed by atoms with Crippen LogP contribution in [0.25, 0.3) is 0 Å². The molecular formula is C9H9ClN2O. The first-order chi connectivity index (χ1) is 6.20. The van der Waals surface area contributed by atoms with Crippen molar-refractivity contribution in [2.24, 2.45) is 0 Å². The largest absolute Gasteiger partial charge is 0.397 e. The van der Waals surface area contributed by atoms with Crippen LogP contribution in [0.2, 0.25) is 5.02 Å². The van der Waals surface area contributed by atoms with E-state index in [4.69, 9.17) is 27.3 Å². The minimum Gasteiger partial charge on any atom is -0.397 e. The van der Waals surface area contributed by atoms with Crippen molar-refractivity contribution in [1.82, 2.24) is 0 Å². The van der Waals surface area contributed by atoms with Crippen molar-refractivity contribution in [3.05, 3.63) is 28.3 Å². The molecule has 0 fully saturated rings. The van der Waals surface area contributed by atoms with Crippen LogP contribution in [0.4, 0.5) is 5.69 Å². The lowest BCUT2D eigenvalue weighted by Gasteiger charge is -2.06. The van der Waals surface area contributed by atoms with Gasteiger partial charge in [0, 0.05) is 12.7 Å². The van der Waals surface area contributed by atoms with Crippen LogP contribution in [0.5, 0.6) is 0 Å². The zero-order valence-electron chi connectivity index (χ0n) is 7.17. The van der Waals surface area contributed by atoms with E-state index in [2.05, 4.69) is 0 Å². The van der Waals surface area contributed by atoms with Crippen LogP contribution in [0.3, 0.4) is 0 Å². The average Bonchev–Trinajstić information content (AvgIpc) is 2.11. The number of nitrogens with zero attached hydrogens (tertiary/aromatic N) is 1. The Bertz CT molecular complexity index is 357. The lowest BCUT2D eigenvalue weighted by atomic mass is 10.1. The summed E-state index contributed by atoms with van der Waals surface area (Å²) in [5, 5.41) is 9.11. The number of anilines is 1. The van der Waals surface area contributed by atoms with E-state index in [-0.39, 0.29) is 0 Å². The number of hydrogen-bond acceptors (Lipinski definition) is 3. The van der Waals surface area contributed by atoms with E-state index in [1.165, 1.54) is 0 Å². The summed E-state index contributed by atoms with van der Waals surface area (Å²) >= 11 is 5.76. The maximum atomic E-state index is 8.74. The molecule has 0 bridgehead atoms. The van der Waals surface area contributed by atoms with Crippen molar-refractivity contribution in [1.29, 1.82) is 5.26 Å². The fourth-order valence-corrected chi connectivity index (χ4v) is 1.24. The summed E-state index contributed by atoms with van der Waals surface area (Å²) in [7, 11) is 1.57. The number of benzene rings is 1. The van der Waals surface area contributed by atoms with E-state index in [0.717, 1.165) is 5.56 Å². The van der Waals surface area contributed by atoms with Gasteiger partial charge in [0.2, 0.25) is 0 Å². The molecule has 0 aromatic heterocycles. The summed E-state index contributed by atoms with van der Waals surface area (Å²) in [6.45, 7) is 0.387. The van der Waals surface area contributed by atoms with Gasteiger partial charge in [0.1, 0.15) is 6.07 Å². The van der Waals surface area contributed by atoms with E-state index in [1.807, 2.05) is 6.07 Å². The molecule has 0 aliphatic carbocycles. The van der Waals surface area contributed by atoms with Gasteiger partial charge in [-0.15, -0.1) is 0 Å². The molecular weight excluding hydrogens is 188 g/mol. The minimum atomic E-state index is 0.316. The predicted octanol–water partition coefficient (Wildman–Crippen LogP) is 1.94. The number of nitrogens with two attached hydrogens (primary N) is 1. The van der Waals surface area contributed by atoms with E-state index < -0.39 is 0 Å². The van der Waals surface area contributed by atoms with Gasteiger partial charge in [-0.05, 0) is 6.07 Å². The first-order valence-electron chi connectivity index (χ1n) is 3.66. The molecule has 0 aliphatic rings. The maximum Gasteiger partial charge on any atom is 0.103 e. The Morgan fingerprint density at radius 1 is 1.62 bits per heavy atom. The molecule has 13 heavy (non-hydrogen) atoms. The van der Waals surface area contributed by atoms with Crippen LogP contribution in [0.15, 0.2) is 12.1 Å². The highest BCUT2D eigenvalue weighted by Crippen LogP contribution is 2.25. The number of hydrogen-bond donors (Lipinski definition) is 1. The van der Waals surface area contributed by atoms with E-state index in [9.17, 15) is 0 Å². The normalized spacial score (nSPS) is 9.62. The van der Waals surface area contributed by atoms with E-state index in [1.54, 1.807) is 19.2 Å². The molecule has 1 rings (SSSR count). The monoisotopic (exact) mass is 196 g/mol. The van der Waals surface area contributed by atoms with Gasteiger partial charge >= 0.3 is 0 Å². The zero-order valence-corrected chi connectivity index (χ0v) is 7.93. The van der Waals surface area contributed by atoms with Crippen molar-refractivity contribution in [3.63, 3.8) is 0 Å². The van der Waals surface area contributed by atoms with E-state index >= 15 is 0 Å². The van der Waals surface area contributed by atoms with Gasteiger partial charge in [0.15, 0.2) is 0 Å². The second-order valence-corrected chi connectivity index (χ2v) is 2.95. The minimum absolute atomic E-state index is 0.316. The van der Waals surface area contributed by atoms with Crippen molar-refractivity contribution >= 4 is 17.3 Å². The second kappa shape index (κ2) is 4.13. The van der Waals surface area contributed by atoms with Crippen molar-refractivity contribution in [2.45, 2.75) is 6.61 Å². The van der Waals surface area contributed by atoms with Crippen LogP contribution in [-0.2, 0) is 11.3 Å². The molecule has 0 heterocycles. The molecule has 2 N–H and O–H groups in total. The number of ether oxygens (including phenoxy) is 1. The quantitative estimate of drug-likeness (QED) is 0.736. The lowest BCUT2D eigenvalue weighted by molar-refractivity contribution is 0.185. The zero-order chi connectivity index (χ0) is 9.84. The molecule has 1 aromatic carbocycles. The highest BCUT2D eigenvalue weighted by molar-refractivity contribution is 6.32. The summed E-state index contributed by atoms with van der Waals surface area (Å²) in [4.78, 5) is 0. The Hall–Kier alpha value is -1.24. The smallest absolute Gasteiger partial charge is 0.103 e. The number of nitrogen functional groups attached to an aromatic ring is 1.